The maximum absolute atomic E-state index is 11.1. The highest BCUT2D eigenvalue weighted by atomic mass is 16.6. The van der Waals surface area contributed by atoms with Crippen LogP contribution >= 0.6 is 0 Å². The van der Waals surface area contributed by atoms with Crippen LogP contribution in [0.25, 0.3) is 0 Å². The Morgan fingerprint density at radius 3 is 2.89 bits per heavy atom. The molecule has 1 aliphatic rings. The molecule has 1 aliphatic heterocycles. The summed E-state index contributed by atoms with van der Waals surface area (Å²) in [6.45, 7) is 1.26. The molecule has 19 heavy (non-hydrogen) atoms. The monoisotopic (exact) mass is 267 g/mol. The predicted molar refractivity (Wildman–Crippen MR) is 70.3 cm³/mol. The molecular weight excluding hydrogens is 250 g/mol. The van der Waals surface area contributed by atoms with Gasteiger partial charge in [0.2, 0.25) is 11.6 Å². The molecule has 0 saturated carbocycles. The number of nitrogens with zero attached hydrogens (tertiary/aromatic N) is 3. The number of hydrogen-bond acceptors (Lipinski definition) is 7. The zero-order valence-electron chi connectivity index (χ0n) is 10.8. The Balaban J connectivity index is 2.08. The minimum absolute atomic E-state index is 0.0846. The Hall–Kier alpha value is -1.96. The Morgan fingerprint density at radius 2 is 2.26 bits per heavy atom. The van der Waals surface area contributed by atoms with Crippen molar-refractivity contribution < 1.29 is 9.66 Å². The topological polar surface area (TPSA) is 102 Å². The molecular formula is C11H17N5O3. The van der Waals surface area contributed by atoms with E-state index >= 15 is 0 Å². The van der Waals surface area contributed by atoms with E-state index in [9.17, 15) is 10.1 Å². The van der Waals surface area contributed by atoms with E-state index in [1.165, 1.54) is 6.33 Å². The third-order valence-corrected chi connectivity index (χ3v) is 3.01. The summed E-state index contributed by atoms with van der Waals surface area (Å²) in [7, 11) is 1.59. The summed E-state index contributed by atoms with van der Waals surface area (Å²) in [5, 5.41) is 16.7. The molecule has 0 spiro atoms. The minimum atomic E-state index is -0.490. The first-order valence-corrected chi connectivity index (χ1v) is 6.25. The number of nitro groups is 1. The van der Waals surface area contributed by atoms with Gasteiger partial charge in [0.25, 0.3) is 0 Å². The summed E-state index contributed by atoms with van der Waals surface area (Å²) in [5.41, 5.74) is -0.138. The summed E-state index contributed by atoms with van der Waals surface area (Å²) in [4.78, 5) is 18.3. The number of anilines is 2. The molecule has 1 aromatic heterocycles. The Kier molecular flexibility index (Phi) is 4.45. The van der Waals surface area contributed by atoms with E-state index in [0.29, 0.717) is 6.54 Å². The molecule has 2 N–H and O–H groups in total. The normalized spacial score (nSPS) is 18.9. The third-order valence-electron chi connectivity index (χ3n) is 3.01. The van der Waals surface area contributed by atoms with Gasteiger partial charge < -0.3 is 15.4 Å². The summed E-state index contributed by atoms with van der Waals surface area (Å²) >= 11 is 0. The first-order valence-electron chi connectivity index (χ1n) is 6.25. The minimum Gasteiger partial charge on any atom is -0.376 e. The van der Waals surface area contributed by atoms with Crippen LogP contribution in [0.2, 0.25) is 0 Å². The smallest absolute Gasteiger partial charge is 0.353 e. The lowest BCUT2D eigenvalue weighted by Gasteiger charge is -2.22. The van der Waals surface area contributed by atoms with Crippen LogP contribution in [0.15, 0.2) is 6.33 Å². The molecule has 0 amide bonds. The molecule has 8 heteroatoms. The summed E-state index contributed by atoms with van der Waals surface area (Å²) in [6.07, 6.45) is 4.54. The van der Waals surface area contributed by atoms with E-state index in [1.807, 2.05) is 0 Å². The highest BCUT2D eigenvalue weighted by molar-refractivity contribution is 5.68. The maximum Gasteiger partial charge on any atom is 0.353 e. The molecule has 0 bridgehead atoms. The van der Waals surface area contributed by atoms with Crippen LogP contribution in [0.3, 0.4) is 0 Å². The van der Waals surface area contributed by atoms with Crippen molar-refractivity contribution in [3.63, 3.8) is 0 Å². The van der Waals surface area contributed by atoms with Crippen molar-refractivity contribution in [2.45, 2.75) is 25.4 Å². The SMILES string of the molecule is CNc1ncnc(NCC2CCCCO2)c1[N+](=O)[O-]. The van der Waals surface area contributed by atoms with Crippen molar-refractivity contribution >= 4 is 17.3 Å². The molecule has 0 aromatic carbocycles. The predicted octanol–water partition coefficient (Wildman–Crippen LogP) is 1.41. The van der Waals surface area contributed by atoms with Crippen LogP contribution in [0, 0.1) is 10.1 Å². The quantitative estimate of drug-likeness (QED) is 0.614. The first kappa shape index (κ1) is 13.5. The number of hydrogen-bond donors (Lipinski definition) is 2. The second-order valence-electron chi connectivity index (χ2n) is 4.30. The lowest BCUT2D eigenvalue weighted by molar-refractivity contribution is -0.383. The van der Waals surface area contributed by atoms with Crippen LogP contribution in [0.1, 0.15) is 19.3 Å². The first-order chi connectivity index (χ1) is 9.22. The lowest BCUT2D eigenvalue weighted by atomic mass is 10.1. The van der Waals surface area contributed by atoms with Gasteiger partial charge in [-0.1, -0.05) is 0 Å². The molecule has 2 heterocycles. The Bertz CT molecular complexity index is 448. The second-order valence-corrected chi connectivity index (χ2v) is 4.30. The molecule has 1 atom stereocenters. The highest BCUT2D eigenvalue weighted by Crippen LogP contribution is 2.28. The van der Waals surface area contributed by atoms with Crippen molar-refractivity contribution in [2.75, 3.05) is 30.8 Å². The van der Waals surface area contributed by atoms with Crippen molar-refractivity contribution in [1.29, 1.82) is 0 Å². The van der Waals surface area contributed by atoms with Gasteiger partial charge in [-0.05, 0) is 19.3 Å². The average Bonchev–Trinajstić information content (AvgIpc) is 2.45. The fraction of sp³-hybridized carbons (Fsp3) is 0.636. The van der Waals surface area contributed by atoms with E-state index in [-0.39, 0.29) is 23.4 Å². The number of rotatable bonds is 5. The van der Waals surface area contributed by atoms with Crippen molar-refractivity contribution in [2.24, 2.45) is 0 Å². The third kappa shape index (κ3) is 3.28. The average molecular weight is 267 g/mol. The Morgan fingerprint density at radius 1 is 1.47 bits per heavy atom. The van der Waals surface area contributed by atoms with E-state index in [4.69, 9.17) is 4.74 Å². The van der Waals surface area contributed by atoms with Gasteiger partial charge >= 0.3 is 5.69 Å². The zero-order chi connectivity index (χ0) is 13.7. The van der Waals surface area contributed by atoms with Gasteiger partial charge in [-0.25, -0.2) is 9.97 Å². The molecule has 2 rings (SSSR count). The molecule has 1 aromatic rings. The second kappa shape index (κ2) is 6.28. The molecule has 1 unspecified atom stereocenters. The summed E-state index contributed by atoms with van der Waals surface area (Å²) < 4.78 is 5.57. The fourth-order valence-electron chi connectivity index (χ4n) is 2.04. The van der Waals surface area contributed by atoms with Gasteiger partial charge in [-0.3, -0.25) is 10.1 Å². The van der Waals surface area contributed by atoms with E-state index in [2.05, 4.69) is 20.6 Å². The van der Waals surface area contributed by atoms with E-state index < -0.39 is 4.92 Å². The summed E-state index contributed by atoms with van der Waals surface area (Å²) in [6, 6.07) is 0. The van der Waals surface area contributed by atoms with Crippen LogP contribution < -0.4 is 10.6 Å². The zero-order valence-corrected chi connectivity index (χ0v) is 10.8. The van der Waals surface area contributed by atoms with Gasteiger partial charge in [-0.2, -0.15) is 0 Å². The molecule has 1 saturated heterocycles. The van der Waals surface area contributed by atoms with E-state index in [0.717, 1.165) is 25.9 Å². The lowest BCUT2D eigenvalue weighted by Crippen LogP contribution is -2.27. The molecule has 0 radical (unpaired) electrons. The van der Waals surface area contributed by atoms with Gasteiger partial charge in [-0.15, -0.1) is 0 Å². The largest absolute Gasteiger partial charge is 0.376 e. The number of aromatic nitrogens is 2. The van der Waals surface area contributed by atoms with Crippen molar-refractivity contribution in [3.05, 3.63) is 16.4 Å². The van der Waals surface area contributed by atoms with Crippen molar-refractivity contribution in [3.8, 4) is 0 Å². The molecule has 1 fully saturated rings. The number of ether oxygens (including phenoxy) is 1. The van der Waals surface area contributed by atoms with E-state index in [1.54, 1.807) is 7.05 Å². The van der Waals surface area contributed by atoms with Crippen LogP contribution in [-0.2, 0) is 4.74 Å². The molecule has 104 valence electrons. The van der Waals surface area contributed by atoms with Gasteiger partial charge in [0.05, 0.1) is 11.0 Å². The van der Waals surface area contributed by atoms with Gasteiger partial charge in [0.1, 0.15) is 6.33 Å². The van der Waals surface area contributed by atoms with Gasteiger partial charge in [0.15, 0.2) is 0 Å². The standard InChI is InChI=1S/C11H17N5O3/c1-12-10-9(16(17)18)11(15-7-14-10)13-6-8-4-2-3-5-19-8/h7-8H,2-6H2,1H3,(H2,12,13,14,15). The Labute approximate surface area is 110 Å². The highest BCUT2D eigenvalue weighted by Gasteiger charge is 2.23. The van der Waals surface area contributed by atoms with Crippen LogP contribution in [0.5, 0.6) is 0 Å². The molecule has 0 aliphatic carbocycles. The van der Waals surface area contributed by atoms with Crippen molar-refractivity contribution in [1.82, 2.24) is 9.97 Å². The van der Waals surface area contributed by atoms with Gasteiger partial charge in [0, 0.05) is 20.2 Å². The fourth-order valence-corrected chi connectivity index (χ4v) is 2.04. The number of nitrogens with one attached hydrogen (secondary N) is 2. The summed E-state index contributed by atoms with van der Waals surface area (Å²) in [5.74, 6) is 0.422. The van der Waals surface area contributed by atoms with Crippen LogP contribution in [-0.4, -0.2) is 41.2 Å². The molecule has 8 nitrogen and oxygen atoms in total. The maximum atomic E-state index is 11.1. The van der Waals surface area contributed by atoms with Crippen LogP contribution in [0.4, 0.5) is 17.3 Å².